The van der Waals surface area contributed by atoms with Crippen molar-refractivity contribution in [3.05, 3.63) is 35.8 Å². The van der Waals surface area contributed by atoms with E-state index < -0.39 is 11.5 Å². The lowest BCUT2D eigenvalue weighted by Gasteiger charge is -2.38. The van der Waals surface area contributed by atoms with Gasteiger partial charge in [-0.2, -0.15) is 0 Å². The number of fused-ring (bicyclic) bond motifs is 1. The summed E-state index contributed by atoms with van der Waals surface area (Å²) in [6.45, 7) is 4.45. The van der Waals surface area contributed by atoms with E-state index >= 15 is 0 Å². The Morgan fingerprint density at radius 2 is 2.22 bits per heavy atom. The molecular weight excluding hydrogens is 296 g/mol. The van der Waals surface area contributed by atoms with Crippen LogP contribution in [0.15, 0.2) is 24.4 Å². The summed E-state index contributed by atoms with van der Waals surface area (Å²) >= 11 is 0. The van der Waals surface area contributed by atoms with E-state index in [-0.39, 0.29) is 18.9 Å². The molecule has 0 bridgehead atoms. The van der Waals surface area contributed by atoms with Gasteiger partial charge in [-0.15, -0.1) is 0 Å². The molecule has 3 rings (SSSR count). The minimum absolute atomic E-state index is 0.0606. The molecule has 122 valence electrons. The maximum absolute atomic E-state index is 12.6. The third kappa shape index (κ3) is 2.79. The van der Waals surface area contributed by atoms with Crippen LogP contribution in [-0.4, -0.2) is 51.4 Å². The predicted octanol–water partition coefficient (Wildman–Crippen LogP) is 0.288. The maximum Gasteiger partial charge on any atom is 0.251 e. The molecule has 7 nitrogen and oxygen atoms in total. The number of carbonyl (C=O) groups is 2. The number of rotatable bonds is 3. The molecule has 23 heavy (non-hydrogen) atoms. The van der Waals surface area contributed by atoms with Gasteiger partial charge in [-0.25, -0.2) is 4.98 Å². The van der Waals surface area contributed by atoms with Crippen LogP contribution in [0.1, 0.15) is 18.3 Å². The van der Waals surface area contributed by atoms with Gasteiger partial charge in [0.25, 0.3) is 5.91 Å². The number of nitrogens with two attached hydrogens (primary N) is 1. The molecule has 0 unspecified atom stereocenters. The topological polar surface area (TPSA) is 89.9 Å². The third-order valence-corrected chi connectivity index (χ3v) is 4.30. The van der Waals surface area contributed by atoms with Gasteiger partial charge in [-0.3, -0.25) is 9.59 Å². The molecule has 0 saturated carbocycles. The van der Waals surface area contributed by atoms with Crippen LogP contribution in [0, 0.1) is 6.92 Å². The number of amides is 2. The molecule has 0 aromatic carbocycles. The molecule has 0 radical (unpaired) electrons. The monoisotopic (exact) mass is 316 g/mol. The summed E-state index contributed by atoms with van der Waals surface area (Å²) in [7, 11) is 0. The number of aromatic nitrogens is 2. The molecule has 1 atom stereocenters. The van der Waals surface area contributed by atoms with Crippen molar-refractivity contribution in [2.75, 3.05) is 19.7 Å². The van der Waals surface area contributed by atoms with Crippen LogP contribution in [0.4, 0.5) is 0 Å². The summed E-state index contributed by atoms with van der Waals surface area (Å²) in [4.78, 5) is 30.3. The summed E-state index contributed by atoms with van der Waals surface area (Å²) < 4.78 is 7.37. The third-order valence-electron chi connectivity index (χ3n) is 4.30. The molecule has 0 aliphatic carbocycles. The van der Waals surface area contributed by atoms with E-state index in [9.17, 15) is 9.59 Å². The normalized spacial score (nSPS) is 21.6. The number of morpholine rings is 1. The molecular formula is C16H20N4O3. The lowest BCUT2D eigenvalue weighted by atomic mass is 10.0. The van der Waals surface area contributed by atoms with Crippen molar-refractivity contribution in [2.24, 2.45) is 5.73 Å². The number of ether oxygens (including phenoxy) is 1. The minimum Gasteiger partial charge on any atom is -0.367 e. The zero-order valence-electron chi connectivity index (χ0n) is 13.3. The van der Waals surface area contributed by atoms with Gasteiger partial charge in [0, 0.05) is 12.7 Å². The van der Waals surface area contributed by atoms with Crippen LogP contribution < -0.4 is 5.73 Å². The summed E-state index contributed by atoms with van der Waals surface area (Å²) in [5, 5.41) is 0. The first kappa shape index (κ1) is 15.5. The first-order chi connectivity index (χ1) is 10.9. The molecule has 2 amide bonds. The van der Waals surface area contributed by atoms with Gasteiger partial charge in [0.1, 0.15) is 5.65 Å². The van der Waals surface area contributed by atoms with E-state index in [4.69, 9.17) is 10.5 Å². The molecule has 1 fully saturated rings. The number of imidazole rings is 1. The Bertz CT molecular complexity index is 770. The maximum atomic E-state index is 12.6. The molecule has 3 heterocycles. The van der Waals surface area contributed by atoms with Crippen molar-refractivity contribution >= 4 is 17.5 Å². The second-order valence-corrected chi connectivity index (χ2v) is 6.01. The highest BCUT2D eigenvalue weighted by molar-refractivity contribution is 5.85. The fourth-order valence-corrected chi connectivity index (χ4v) is 2.86. The van der Waals surface area contributed by atoms with Gasteiger partial charge >= 0.3 is 0 Å². The highest BCUT2D eigenvalue weighted by atomic mass is 16.5. The lowest BCUT2D eigenvalue weighted by Crippen LogP contribution is -2.58. The fraction of sp³-hybridized carbons (Fsp3) is 0.438. The zero-order chi connectivity index (χ0) is 16.6. The van der Waals surface area contributed by atoms with Gasteiger partial charge in [0.15, 0.2) is 5.60 Å². The van der Waals surface area contributed by atoms with Crippen molar-refractivity contribution in [2.45, 2.75) is 25.9 Å². The standard InChI is InChI=1S/C16H20N4O3/c1-11-12(20-6-4-3-5-13(20)18-11)9-14(21)19-7-8-23-16(2,10-19)15(17)22/h3-6H,7-10H2,1-2H3,(H2,17,22)/t16-/m0/s1. The average Bonchev–Trinajstić information content (AvgIpc) is 2.83. The van der Waals surface area contributed by atoms with Gasteiger partial charge in [0.05, 0.1) is 31.0 Å². The quantitative estimate of drug-likeness (QED) is 0.881. The van der Waals surface area contributed by atoms with E-state index in [1.807, 2.05) is 35.7 Å². The highest BCUT2D eigenvalue weighted by Crippen LogP contribution is 2.19. The van der Waals surface area contributed by atoms with Crippen molar-refractivity contribution in [3.8, 4) is 0 Å². The smallest absolute Gasteiger partial charge is 0.251 e. The van der Waals surface area contributed by atoms with E-state index in [1.54, 1.807) is 11.8 Å². The van der Waals surface area contributed by atoms with Crippen molar-refractivity contribution < 1.29 is 14.3 Å². The van der Waals surface area contributed by atoms with Crippen LogP contribution >= 0.6 is 0 Å². The zero-order valence-corrected chi connectivity index (χ0v) is 13.3. The van der Waals surface area contributed by atoms with Gasteiger partial charge in [-0.05, 0) is 26.0 Å². The van der Waals surface area contributed by atoms with E-state index in [1.165, 1.54) is 0 Å². The number of nitrogens with zero attached hydrogens (tertiary/aromatic N) is 3. The van der Waals surface area contributed by atoms with E-state index in [2.05, 4.69) is 4.98 Å². The molecule has 1 aliphatic heterocycles. The van der Waals surface area contributed by atoms with Gasteiger partial charge in [0.2, 0.25) is 5.91 Å². The van der Waals surface area contributed by atoms with E-state index in [0.29, 0.717) is 13.2 Å². The number of hydrogen-bond donors (Lipinski definition) is 1. The molecule has 2 N–H and O–H groups in total. The molecule has 0 spiro atoms. The van der Waals surface area contributed by atoms with Crippen LogP contribution in [0.5, 0.6) is 0 Å². The number of carbonyl (C=O) groups excluding carboxylic acids is 2. The summed E-state index contributed by atoms with van der Waals surface area (Å²) in [5.74, 6) is -0.615. The Balaban J connectivity index is 1.81. The minimum atomic E-state index is -1.12. The Labute approximate surface area is 134 Å². The number of hydrogen-bond acceptors (Lipinski definition) is 4. The van der Waals surface area contributed by atoms with Crippen LogP contribution in [-0.2, 0) is 20.7 Å². The molecule has 2 aromatic rings. The number of aryl methyl sites for hydroxylation is 1. The van der Waals surface area contributed by atoms with Gasteiger partial charge < -0.3 is 19.8 Å². The van der Waals surface area contributed by atoms with Crippen molar-refractivity contribution in [3.63, 3.8) is 0 Å². The Hall–Kier alpha value is -2.41. The SMILES string of the molecule is Cc1nc2ccccn2c1CC(=O)N1CCO[C@](C)(C(N)=O)C1. The second-order valence-electron chi connectivity index (χ2n) is 6.01. The molecule has 1 saturated heterocycles. The summed E-state index contributed by atoms with van der Waals surface area (Å²) in [5.41, 5.74) is 6.76. The average molecular weight is 316 g/mol. The highest BCUT2D eigenvalue weighted by Gasteiger charge is 2.39. The summed E-state index contributed by atoms with van der Waals surface area (Å²) in [6.07, 6.45) is 2.12. The summed E-state index contributed by atoms with van der Waals surface area (Å²) in [6, 6.07) is 5.72. The lowest BCUT2D eigenvalue weighted by molar-refractivity contribution is -0.160. The predicted molar refractivity (Wildman–Crippen MR) is 83.8 cm³/mol. The first-order valence-electron chi connectivity index (χ1n) is 7.55. The van der Waals surface area contributed by atoms with E-state index in [0.717, 1.165) is 17.0 Å². The van der Waals surface area contributed by atoms with Crippen LogP contribution in [0.2, 0.25) is 0 Å². The largest absolute Gasteiger partial charge is 0.367 e. The second kappa shape index (κ2) is 5.66. The Kier molecular flexibility index (Phi) is 3.81. The Morgan fingerprint density at radius 1 is 1.43 bits per heavy atom. The van der Waals surface area contributed by atoms with Crippen molar-refractivity contribution in [1.29, 1.82) is 0 Å². The van der Waals surface area contributed by atoms with Crippen LogP contribution in [0.3, 0.4) is 0 Å². The number of primary amides is 1. The number of pyridine rings is 1. The van der Waals surface area contributed by atoms with Gasteiger partial charge in [-0.1, -0.05) is 6.07 Å². The Morgan fingerprint density at radius 3 is 2.96 bits per heavy atom. The molecule has 2 aromatic heterocycles. The first-order valence-corrected chi connectivity index (χ1v) is 7.55. The van der Waals surface area contributed by atoms with Crippen molar-refractivity contribution in [1.82, 2.24) is 14.3 Å². The molecule has 1 aliphatic rings. The van der Waals surface area contributed by atoms with Crippen LogP contribution in [0.25, 0.3) is 5.65 Å². The molecule has 7 heteroatoms. The fourth-order valence-electron chi connectivity index (χ4n) is 2.86.